The fourth-order valence-corrected chi connectivity index (χ4v) is 2.18. The molecule has 0 amide bonds. The Balaban J connectivity index is 1.79. The summed E-state index contributed by atoms with van der Waals surface area (Å²) in [5.41, 5.74) is 9.72. The fraction of sp³-hybridized carbons (Fsp3) is 0.211. The highest BCUT2D eigenvalue weighted by Crippen LogP contribution is 2.11. The Morgan fingerprint density at radius 1 is 0.731 bits per heavy atom. The molecule has 7 heteroatoms. The smallest absolute Gasteiger partial charge is 0.207 e. The van der Waals surface area contributed by atoms with Crippen LogP contribution in [0.5, 0.6) is 0 Å². The third-order valence-electron chi connectivity index (χ3n) is 3.58. The number of hydrazone groups is 2. The van der Waals surface area contributed by atoms with E-state index < -0.39 is 0 Å². The lowest BCUT2D eigenvalue weighted by molar-refractivity contribution is 0.934. The normalized spacial score (nSPS) is 10.9. The average molecular weight is 369 g/mol. The van der Waals surface area contributed by atoms with Crippen LogP contribution in [0.1, 0.15) is 11.1 Å². The third kappa shape index (κ3) is 6.18. The summed E-state index contributed by atoms with van der Waals surface area (Å²) >= 11 is 5.13. The molecule has 2 rings (SSSR count). The zero-order chi connectivity index (χ0) is 18.9. The number of hydrogen-bond acceptors (Lipinski definition) is 5. The largest absolute Gasteiger partial charge is 0.378 e. The molecule has 0 atom stereocenters. The molecule has 0 saturated heterocycles. The highest BCUT2D eigenvalue weighted by Gasteiger charge is 1.95. The van der Waals surface area contributed by atoms with Crippen LogP contribution in [0.4, 0.5) is 11.4 Å². The summed E-state index contributed by atoms with van der Waals surface area (Å²) in [5, 5.41) is 8.53. The number of nitrogens with zero attached hydrogens (tertiary/aromatic N) is 4. The first-order valence-corrected chi connectivity index (χ1v) is 8.53. The van der Waals surface area contributed by atoms with Gasteiger partial charge < -0.3 is 9.80 Å². The molecule has 0 unspecified atom stereocenters. The fourth-order valence-electron chi connectivity index (χ4n) is 2.07. The van der Waals surface area contributed by atoms with Gasteiger partial charge in [0.15, 0.2) is 0 Å². The first-order chi connectivity index (χ1) is 12.5. The molecule has 0 fully saturated rings. The van der Waals surface area contributed by atoms with Crippen LogP contribution in [0.2, 0.25) is 0 Å². The first-order valence-electron chi connectivity index (χ1n) is 8.12. The van der Waals surface area contributed by atoms with E-state index in [0.29, 0.717) is 5.11 Å². The summed E-state index contributed by atoms with van der Waals surface area (Å²) in [6, 6.07) is 16.1. The quantitative estimate of drug-likeness (QED) is 0.466. The number of anilines is 2. The van der Waals surface area contributed by atoms with Crippen molar-refractivity contribution in [3.05, 3.63) is 59.7 Å². The van der Waals surface area contributed by atoms with Crippen LogP contribution in [-0.2, 0) is 0 Å². The van der Waals surface area contributed by atoms with Crippen molar-refractivity contribution in [1.82, 2.24) is 10.9 Å². The van der Waals surface area contributed by atoms with Crippen LogP contribution in [0.15, 0.2) is 58.7 Å². The second kappa shape index (κ2) is 9.53. The Morgan fingerprint density at radius 2 is 1.08 bits per heavy atom. The van der Waals surface area contributed by atoms with Crippen molar-refractivity contribution in [3.8, 4) is 0 Å². The van der Waals surface area contributed by atoms with Gasteiger partial charge in [-0.15, -0.1) is 0 Å². The summed E-state index contributed by atoms with van der Waals surface area (Å²) < 4.78 is 0. The molecule has 0 spiro atoms. The topological polar surface area (TPSA) is 55.3 Å². The van der Waals surface area contributed by atoms with Gasteiger partial charge in [0.2, 0.25) is 5.11 Å². The van der Waals surface area contributed by atoms with Crippen molar-refractivity contribution in [2.24, 2.45) is 10.2 Å². The van der Waals surface area contributed by atoms with Crippen molar-refractivity contribution in [2.75, 3.05) is 38.0 Å². The van der Waals surface area contributed by atoms with Crippen molar-refractivity contribution < 1.29 is 0 Å². The number of thiocarbonyl (C=S) groups is 1. The molecular formula is C19H24N6S. The van der Waals surface area contributed by atoms with Crippen molar-refractivity contribution in [1.29, 1.82) is 0 Å². The molecule has 0 aliphatic heterocycles. The van der Waals surface area contributed by atoms with Gasteiger partial charge in [-0.3, -0.25) is 10.9 Å². The van der Waals surface area contributed by atoms with Crippen LogP contribution < -0.4 is 20.7 Å². The maximum absolute atomic E-state index is 5.13. The van der Waals surface area contributed by atoms with Crippen LogP contribution in [0.3, 0.4) is 0 Å². The van der Waals surface area contributed by atoms with Gasteiger partial charge >= 0.3 is 0 Å². The third-order valence-corrected chi connectivity index (χ3v) is 3.76. The second-order valence-corrected chi connectivity index (χ2v) is 6.45. The molecule has 136 valence electrons. The summed E-state index contributed by atoms with van der Waals surface area (Å²) in [7, 11) is 8.02. The second-order valence-electron chi connectivity index (χ2n) is 6.04. The van der Waals surface area contributed by atoms with Gasteiger partial charge in [0.25, 0.3) is 0 Å². The Bertz CT molecular complexity index is 698. The number of nitrogens with one attached hydrogen (secondary N) is 2. The van der Waals surface area contributed by atoms with E-state index in [9.17, 15) is 0 Å². The molecule has 2 aromatic rings. The standard InChI is InChI=1S/C19H24N6S/c1-24(2)17-9-5-15(6-10-17)13-20-22-19(26)23-21-14-16-7-11-18(12-8-16)25(3)4/h5-14H,1-4H3,(H2,22,23,26)/b20-13+,21-14?. The molecule has 26 heavy (non-hydrogen) atoms. The van der Waals surface area contributed by atoms with Crippen LogP contribution in [0, 0.1) is 0 Å². The monoisotopic (exact) mass is 368 g/mol. The Labute approximate surface area is 160 Å². The van der Waals surface area contributed by atoms with E-state index in [4.69, 9.17) is 12.2 Å². The number of hydrogen-bond donors (Lipinski definition) is 2. The van der Waals surface area contributed by atoms with Gasteiger partial charge in [0, 0.05) is 39.6 Å². The lowest BCUT2D eigenvalue weighted by Gasteiger charge is -2.11. The lowest BCUT2D eigenvalue weighted by atomic mass is 10.2. The molecule has 6 nitrogen and oxygen atoms in total. The number of benzene rings is 2. The predicted octanol–water partition coefficient (Wildman–Crippen LogP) is 2.65. The maximum atomic E-state index is 5.13. The van der Waals surface area contributed by atoms with Gasteiger partial charge in [-0.1, -0.05) is 24.3 Å². The van der Waals surface area contributed by atoms with Gasteiger partial charge in [-0.25, -0.2) is 0 Å². The predicted molar refractivity (Wildman–Crippen MR) is 116 cm³/mol. The Kier molecular flexibility index (Phi) is 7.11. The van der Waals surface area contributed by atoms with E-state index in [-0.39, 0.29) is 0 Å². The molecule has 0 saturated carbocycles. The van der Waals surface area contributed by atoms with E-state index in [1.54, 1.807) is 12.4 Å². The highest BCUT2D eigenvalue weighted by molar-refractivity contribution is 7.80. The van der Waals surface area contributed by atoms with Gasteiger partial charge in [0.05, 0.1) is 12.4 Å². The van der Waals surface area contributed by atoms with Gasteiger partial charge in [-0.2, -0.15) is 10.2 Å². The van der Waals surface area contributed by atoms with Crippen LogP contribution >= 0.6 is 12.2 Å². The summed E-state index contributed by atoms with van der Waals surface area (Å²) in [5.74, 6) is 0. The van der Waals surface area contributed by atoms with Crippen molar-refractivity contribution in [3.63, 3.8) is 0 Å². The van der Waals surface area contributed by atoms with E-state index in [2.05, 4.69) is 21.1 Å². The van der Waals surface area contributed by atoms with Crippen molar-refractivity contribution in [2.45, 2.75) is 0 Å². The van der Waals surface area contributed by atoms with Crippen molar-refractivity contribution >= 4 is 41.1 Å². The lowest BCUT2D eigenvalue weighted by Crippen LogP contribution is -2.28. The van der Waals surface area contributed by atoms with E-state index in [1.807, 2.05) is 86.5 Å². The van der Waals surface area contributed by atoms with Gasteiger partial charge in [0.1, 0.15) is 0 Å². The molecule has 2 aromatic carbocycles. The zero-order valence-corrected chi connectivity index (χ0v) is 16.3. The van der Waals surface area contributed by atoms with E-state index in [1.165, 1.54) is 0 Å². The molecule has 0 aliphatic carbocycles. The Hall–Kier alpha value is -2.93. The maximum Gasteiger partial charge on any atom is 0.207 e. The minimum atomic E-state index is 0.326. The summed E-state index contributed by atoms with van der Waals surface area (Å²) in [6.07, 6.45) is 3.41. The molecule has 0 radical (unpaired) electrons. The molecular weight excluding hydrogens is 344 g/mol. The van der Waals surface area contributed by atoms with Crippen LogP contribution in [-0.4, -0.2) is 45.7 Å². The molecule has 0 aliphatic rings. The van der Waals surface area contributed by atoms with E-state index >= 15 is 0 Å². The minimum Gasteiger partial charge on any atom is -0.378 e. The summed E-state index contributed by atoms with van der Waals surface area (Å²) in [4.78, 5) is 4.09. The highest BCUT2D eigenvalue weighted by atomic mass is 32.1. The average Bonchev–Trinajstić information content (AvgIpc) is 2.62. The Morgan fingerprint density at radius 3 is 1.38 bits per heavy atom. The number of rotatable bonds is 6. The zero-order valence-electron chi connectivity index (χ0n) is 15.5. The molecule has 0 aromatic heterocycles. The van der Waals surface area contributed by atoms with E-state index in [0.717, 1.165) is 22.5 Å². The molecule has 0 bridgehead atoms. The first kappa shape index (κ1) is 19.4. The molecule has 0 heterocycles. The van der Waals surface area contributed by atoms with Gasteiger partial charge in [-0.05, 0) is 47.6 Å². The SMILES string of the molecule is CN(C)c1ccc(C=NNC(=S)N/N=C/c2ccc(N(C)C)cc2)cc1. The van der Waals surface area contributed by atoms with Crippen LogP contribution in [0.25, 0.3) is 0 Å². The summed E-state index contributed by atoms with van der Waals surface area (Å²) in [6.45, 7) is 0. The minimum absolute atomic E-state index is 0.326. The molecule has 2 N–H and O–H groups in total.